The Labute approximate surface area is 201 Å². The summed E-state index contributed by atoms with van der Waals surface area (Å²) in [5, 5.41) is 5.13. The Bertz CT molecular complexity index is 1580. The first-order chi connectivity index (χ1) is 16.2. The number of hydrogen-bond acceptors (Lipinski definition) is 2. The van der Waals surface area contributed by atoms with Crippen molar-refractivity contribution in [1.29, 1.82) is 0 Å². The van der Waals surface area contributed by atoms with Gasteiger partial charge in [0.2, 0.25) is 0 Å². The van der Waals surface area contributed by atoms with E-state index in [0.717, 1.165) is 23.4 Å². The van der Waals surface area contributed by atoms with Crippen LogP contribution in [0, 0.1) is 5.41 Å². The van der Waals surface area contributed by atoms with Crippen molar-refractivity contribution in [2.45, 2.75) is 46.5 Å². The zero-order valence-electron chi connectivity index (χ0n) is 20.6. The highest BCUT2D eigenvalue weighted by Crippen LogP contribution is 2.54. The predicted molar refractivity (Wildman–Crippen MR) is 143 cm³/mol. The number of nitrogens with zero attached hydrogens (tertiary/aromatic N) is 2. The van der Waals surface area contributed by atoms with E-state index < -0.39 is 0 Å². The van der Waals surface area contributed by atoms with Crippen molar-refractivity contribution in [3.05, 3.63) is 95.9 Å². The van der Waals surface area contributed by atoms with Crippen LogP contribution in [0.15, 0.2) is 79.1 Å². The van der Waals surface area contributed by atoms with E-state index in [1.807, 2.05) is 0 Å². The van der Waals surface area contributed by atoms with E-state index in [2.05, 4.69) is 107 Å². The van der Waals surface area contributed by atoms with Gasteiger partial charge in [-0.25, -0.2) is 9.97 Å². The molecule has 0 amide bonds. The fourth-order valence-corrected chi connectivity index (χ4v) is 5.84. The quantitative estimate of drug-likeness (QED) is 0.274. The molecule has 0 radical (unpaired) electrons. The van der Waals surface area contributed by atoms with Crippen LogP contribution in [0.2, 0.25) is 0 Å². The van der Waals surface area contributed by atoms with Gasteiger partial charge in [-0.2, -0.15) is 0 Å². The lowest BCUT2D eigenvalue weighted by Crippen LogP contribution is -2.21. The molecule has 2 nitrogen and oxygen atoms in total. The first-order valence-electron chi connectivity index (χ1n) is 12.1. The molecule has 34 heavy (non-hydrogen) atoms. The lowest BCUT2D eigenvalue weighted by Gasteiger charge is -2.28. The van der Waals surface area contributed by atoms with Crippen LogP contribution in [0.5, 0.6) is 0 Å². The zero-order valence-corrected chi connectivity index (χ0v) is 20.6. The molecule has 0 aliphatic heterocycles. The van der Waals surface area contributed by atoms with Crippen molar-refractivity contribution < 1.29 is 0 Å². The first kappa shape index (κ1) is 21.0. The summed E-state index contributed by atoms with van der Waals surface area (Å²) in [5.41, 5.74) is 8.64. The Balaban J connectivity index is 1.69. The number of rotatable bonds is 2. The Morgan fingerprint density at radius 3 is 2.24 bits per heavy atom. The van der Waals surface area contributed by atoms with Crippen LogP contribution in [-0.4, -0.2) is 9.97 Å². The van der Waals surface area contributed by atoms with Crippen molar-refractivity contribution in [2.24, 2.45) is 5.41 Å². The molecule has 0 atom stereocenters. The summed E-state index contributed by atoms with van der Waals surface area (Å²) < 4.78 is 0. The van der Waals surface area contributed by atoms with Crippen LogP contribution in [0.25, 0.3) is 43.9 Å². The van der Waals surface area contributed by atoms with Crippen molar-refractivity contribution in [3.63, 3.8) is 0 Å². The maximum Gasteiger partial charge on any atom is 0.116 e. The Kier molecular flexibility index (Phi) is 4.48. The van der Waals surface area contributed by atoms with Gasteiger partial charge in [0.15, 0.2) is 0 Å². The molecule has 1 heterocycles. The topological polar surface area (TPSA) is 25.8 Å². The molecule has 5 aromatic rings. The molecular formula is C32H30N2. The molecule has 0 saturated carbocycles. The smallest absolute Gasteiger partial charge is 0.116 e. The number of hydrogen-bond donors (Lipinski definition) is 0. The fraction of sp³-hybridized carbons (Fsp3) is 0.250. The average molecular weight is 443 g/mol. The van der Waals surface area contributed by atoms with Gasteiger partial charge in [-0.1, -0.05) is 95.3 Å². The summed E-state index contributed by atoms with van der Waals surface area (Å²) in [6.45, 7) is 11.6. The van der Waals surface area contributed by atoms with Crippen LogP contribution < -0.4 is 0 Å². The molecule has 1 aliphatic carbocycles. The molecule has 0 N–H and O–H groups in total. The molecule has 1 aromatic heterocycles. The first-order valence-corrected chi connectivity index (χ1v) is 12.1. The summed E-state index contributed by atoms with van der Waals surface area (Å²) in [7, 11) is 0. The third-order valence-corrected chi connectivity index (χ3v) is 7.22. The Hall–Kier alpha value is -3.52. The van der Waals surface area contributed by atoms with E-state index in [1.54, 1.807) is 6.33 Å². The van der Waals surface area contributed by atoms with E-state index in [9.17, 15) is 0 Å². The largest absolute Gasteiger partial charge is 0.240 e. The van der Waals surface area contributed by atoms with Crippen molar-refractivity contribution >= 4 is 21.5 Å². The molecular weight excluding hydrogens is 412 g/mol. The van der Waals surface area contributed by atoms with Crippen LogP contribution in [0.4, 0.5) is 0 Å². The second-order valence-corrected chi connectivity index (χ2v) is 11.4. The molecule has 1 aliphatic rings. The molecule has 0 bridgehead atoms. The van der Waals surface area contributed by atoms with Gasteiger partial charge < -0.3 is 0 Å². The lowest BCUT2D eigenvalue weighted by molar-refractivity contribution is 0.409. The molecule has 0 saturated heterocycles. The maximum absolute atomic E-state index is 4.89. The van der Waals surface area contributed by atoms with E-state index >= 15 is 0 Å². The van der Waals surface area contributed by atoms with Gasteiger partial charge in [0.25, 0.3) is 0 Å². The minimum atomic E-state index is -0.191. The SMILES string of the molecule is CC(C)(C)Cc1c2c(cc3ccccc13)-c1c(-c3ccc4ccccc4c3)ncnc1C2(C)C. The van der Waals surface area contributed by atoms with Crippen LogP contribution >= 0.6 is 0 Å². The second kappa shape index (κ2) is 7.24. The highest BCUT2D eigenvalue weighted by atomic mass is 14.9. The number of benzene rings is 4. The Morgan fingerprint density at radius 1 is 0.765 bits per heavy atom. The highest BCUT2D eigenvalue weighted by molar-refractivity contribution is 6.00. The highest BCUT2D eigenvalue weighted by Gasteiger charge is 2.41. The standard InChI is InChI=1S/C32H30N2/c1-31(2,3)18-26-24-13-9-8-12-22(24)17-25-27-29(33-19-34-30(27)32(4,5)28(25)26)23-15-14-20-10-6-7-11-21(20)16-23/h6-17,19H,18H2,1-5H3. The number of fused-ring (bicyclic) bond motifs is 5. The molecule has 0 unspecified atom stereocenters. The normalized spacial score (nSPS) is 14.4. The van der Waals surface area contributed by atoms with E-state index in [1.165, 1.54) is 43.8 Å². The van der Waals surface area contributed by atoms with Gasteiger partial charge in [0, 0.05) is 16.5 Å². The zero-order chi connectivity index (χ0) is 23.7. The monoisotopic (exact) mass is 442 g/mol. The summed E-state index contributed by atoms with van der Waals surface area (Å²) in [6, 6.07) is 26.4. The van der Waals surface area contributed by atoms with Crippen molar-refractivity contribution in [1.82, 2.24) is 9.97 Å². The summed E-state index contributed by atoms with van der Waals surface area (Å²) in [6.07, 6.45) is 2.77. The van der Waals surface area contributed by atoms with Crippen LogP contribution in [0.1, 0.15) is 51.4 Å². The average Bonchev–Trinajstić information content (AvgIpc) is 3.04. The minimum absolute atomic E-state index is 0.176. The molecule has 0 fully saturated rings. The summed E-state index contributed by atoms with van der Waals surface area (Å²) in [4.78, 5) is 9.76. The third kappa shape index (κ3) is 3.16. The molecule has 168 valence electrons. The van der Waals surface area contributed by atoms with Crippen LogP contribution in [0.3, 0.4) is 0 Å². The predicted octanol–water partition coefficient (Wildman–Crippen LogP) is 8.34. The summed E-state index contributed by atoms with van der Waals surface area (Å²) >= 11 is 0. The van der Waals surface area contributed by atoms with Gasteiger partial charge in [-0.05, 0) is 62.2 Å². The third-order valence-electron chi connectivity index (χ3n) is 7.22. The maximum atomic E-state index is 4.89. The van der Waals surface area contributed by atoms with E-state index in [4.69, 9.17) is 9.97 Å². The molecule has 2 heteroatoms. The minimum Gasteiger partial charge on any atom is -0.240 e. The van der Waals surface area contributed by atoms with Gasteiger partial charge in [0.05, 0.1) is 11.4 Å². The second-order valence-electron chi connectivity index (χ2n) is 11.4. The lowest BCUT2D eigenvalue weighted by atomic mass is 9.76. The molecule has 6 rings (SSSR count). The summed E-state index contributed by atoms with van der Waals surface area (Å²) in [5.74, 6) is 0. The fourth-order valence-electron chi connectivity index (χ4n) is 5.84. The van der Waals surface area contributed by atoms with E-state index in [-0.39, 0.29) is 10.8 Å². The van der Waals surface area contributed by atoms with Gasteiger partial charge >= 0.3 is 0 Å². The van der Waals surface area contributed by atoms with Crippen LogP contribution in [-0.2, 0) is 11.8 Å². The molecule has 0 spiro atoms. The van der Waals surface area contributed by atoms with Crippen molar-refractivity contribution in [3.8, 4) is 22.4 Å². The van der Waals surface area contributed by atoms with E-state index in [0.29, 0.717) is 0 Å². The molecule has 4 aromatic carbocycles. The van der Waals surface area contributed by atoms with Gasteiger partial charge in [0.1, 0.15) is 6.33 Å². The van der Waals surface area contributed by atoms with Gasteiger partial charge in [-0.15, -0.1) is 0 Å². The Morgan fingerprint density at radius 2 is 1.47 bits per heavy atom. The van der Waals surface area contributed by atoms with Crippen molar-refractivity contribution in [2.75, 3.05) is 0 Å². The van der Waals surface area contributed by atoms with Gasteiger partial charge in [-0.3, -0.25) is 0 Å². The number of aromatic nitrogens is 2.